The SMILES string of the molecule is CCOc1ccc2nc(N3CCN(c4n[nH]c(C)n4)CC3)sc2c1. The Labute approximate surface area is 144 Å². The number of nitrogens with zero attached hydrogens (tertiary/aromatic N) is 5. The molecule has 1 aliphatic heterocycles. The van der Waals surface area contributed by atoms with Gasteiger partial charge in [0.05, 0.1) is 16.8 Å². The third-order valence-electron chi connectivity index (χ3n) is 4.08. The van der Waals surface area contributed by atoms with Crippen LogP contribution in [-0.2, 0) is 0 Å². The number of rotatable bonds is 4. The molecule has 7 nitrogen and oxygen atoms in total. The first-order valence-corrected chi connectivity index (χ1v) is 8.97. The second-order valence-corrected chi connectivity index (χ2v) is 6.76. The Morgan fingerprint density at radius 2 is 1.96 bits per heavy atom. The molecule has 2 aromatic heterocycles. The van der Waals surface area contributed by atoms with Crippen LogP contribution in [-0.4, -0.2) is 53.0 Å². The standard InChI is InChI=1S/C16H20N6OS/c1-3-23-12-4-5-13-14(10-12)24-16(18-13)22-8-6-21(7-9-22)15-17-11(2)19-20-15/h4-5,10H,3,6-9H2,1-2H3,(H,17,19,20). The molecule has 1 aliphatic rings. The van der Waals surface area contributed by atoms with Gasteiger partial charge in [-0.15, -0.1) is 5.10 Å². The molecule has 24 heavy (non-hydrogen) atoms. The first kappa shape index (κ1) is 15.2. The Kier molecular flexibility index (Phi) is 3.97. The number of ether oxygens (including phenoxy) is 1. The third-order valence-corrected chi connectivity index (χ3v) is 5.16. The number of aromatic nitrogens is 4. The van der Waals surface area contributed by atoms with Crippen LogP contribution in [0.25, 0.3) is 10.2 Å². The number of H-pyrrole nitrogens is 1. The van der Waals surface area contributed by atoms with Crippen molar-refractivity contribution in [2.45, 2.75) is 13.8 Å². The van der Waals surface area contributed by atoms with Crippen molar-refractivity contribution in [3.63, 3.8) is 0 Å². The van der Waals surface area contributed by atoms with Crippen LogP contribution in [0.3, 0.4) is 0 Å². The van der Waals surface area contributed by atoms with Gasteiger partial charge in [0, 0.05) is 26.2 Å². The number of benzene rings is 1. The van der Waals surface area contributed by atoms with Gasteiger partial charge in [0.2, 0.25) is 5.95 Å². The maximum absolute atomic E-state index is 5.58. The van der Waals surface area contributed by atoms with Gasteiger partial charge in [-0.2, -0.15) is 4.98 Å². The normalized spacial score (nSPS) is 15.2. The number of piperazine rings is 1. The van der Waals surface area contributed by atoms with E-state index in [1.165, 1.54) is 4.70 Å². The topological polar surface area (TPSA) is 70.2 Å². The van der Waals surface area contributed by atoms with E-state index < -0.39 is 0 Å². The summed E-state index contributed by atoms with van der Waals surface area (Å²) in [6.45, 7) is 8.24. The van der Waals surface area contributed by atoms with Crippen molar-refractivity contribution in [3.05, 3.63) is 24.0 Å². The summed E-state index contributed by atoms with van der Waals surface area (Å²) in [5.41, 5.74) is 1.03. The zero-order chi connectivity index (χ0) is 16.5. The summed E-state index contributed by atoms with van der Waals surface area (Å²) >= 11 is 1.72. The van der Waals surface area contributed by atoms with Crippen molar-refractivity contribution in [1.82, 2.24) is 20.2 Å². The number of fused-ring (bicyclic) bond motifs is 1. The van der Waals surface area contributed by atoms with Gasteiger partial charge in [-0.3, -0.25) is 5.10 Å². The summed E-state index contributed by atoms with van der Waals surface area (Å²) in [5.74, 6) is 2.55. The number of aromatic amines is 1. The lowest BCUT2D eigenvalue weighted by atomic mass is 10.3. The predicted octanol–water partition coefficient (Wildman–Crippen LogP) is 2.45. The molecule has 1 saturated heterocycles. The van der Waals surface area contributed by atoms with E-state index in [4.69, 9.17) is 9.72 Å². The zero-order valence-electron chi connectivity index (χ0n) is 13.8. The van der Waals surface area contributed by atoms with Crippen molar-refractivity contribution in [2.75, 3.05) is 42.6 Å². The summed E-state index contributed by atoms with van der Waals surface area (Å²) in [6, 6.07) is 6.10. The van der Waals surface area contributed by atoms with E-state index in [-0.39, 0.29) is 0 Å². The quantitative estimate of drug-likeness (QED) is 0.784. The number of nitrogens with one attached hydrogen (secondary N) is 1. The van der Waals surface area contributed by atoms with Crippen LogP contribution in [0.4, 0.5) is 11.1 Å². The van der Waals surface area contributed by atoms with Gasteiger partial charge in [-0.1, -0.05) is 11.3 Å². The minimum atomic E-state index is 0.680. The predicted molar refractivity (Wildman–Crippen MR) is 96.3 cm³/mol. The van der Waals surface area contributed by atoms with Gasteiger partial charge < -0.3 is 14.5 Å². The first-order valence-electron chi connectivity index (χ1n) is 8.15. The van der Waals surface area contributed by atoms with Crippen molar-refractivity contribution in [2.24, 2.45) is 0 Å². The molecule has 0 spiro atoms. The number of hydrogen-bond acceptors (Lipinski definition) is 7. The fourth-order valence-electron chi connectivity index (χ4n) is 2.85. The van der Waals surface area contributed by atoms with E-state index in [0.717, 1.165) is 54.3 Å². The van der Waals surface area contributed by atoms with Crippen molar-refractivity contribution in [3.8, 4) is 5.75 Å². The summed E-state index contributed by atoms with van der Waals surface area (Å²) < 4.78 is 6.74. The largest absolute Gasteiger partial charge is 0.494 e. The maximum atomic E-state index is 5.58. The monoisotopic (exact) mass is 344 g/mol. The number of thiazole rings is 1. The molecule has 1 N–H and O–H groups in total. The molecular formula is C16H20N6OS. The van der Waals surface area contributed by atoms with Crippen molar-refractivity contribution >= 4 is 32.6 Å². The highest BCUT2D eigenvalue weighted by Gasteiger charge is 2.22. The highest BCUT2D eigenvalue weighted by Crippen LogP contribution is 2.32. The van der Waals surface area contributed by atoms with Crippen LogP contribution in [0.5, 0.6) is 5.75 Å². The van der Waals surface area contributed by atoms with E-state index in [1.807, 2.05) is 26.0 Å². The summed E-state index contributed by atoms with van der Waals surface area (Å²) in [4.78, 5) is 13.7. The van der Waals surface area contributed by atoms with Crippen LogP contribution >= 0.6 is 11.3 Å². The second kappa shape index (κ2) is 6.27. The molecule has 1 aromatic carbocycles. The first-order chi connectivity index (χ1) is 11.7. The molecule has 126 valence electrons. The number of hydrogen-bond donors (Lipinski definition) is 1. The van der Waals surface area contributed by atoms with Gasteiger partial charge in [0.25, 0.3) is 0 Å². The second-order valence-electron chi connectivity index (χ2n) is 5.75. The molecule has 0 amide bonds. The molecular weight excluding hydrogens is 324 g/mol. The third kappa shape index (κ3) is 2.89. The van der Waals surface area contributed by atoms with Gasteiger partial charge in [0.15, 0.2) is 5.13 Å². The minimum absolute atomic E-state index is 0.680. The average molecular weight is 344 g/mol. The molecule has 3 aromatic rings. The van der Waals surface area contributed by atoms with Crippen LogP contribution in [0.1, 0.15) is 12.7 Å². The molecule has 0 radical (unpaired) electrons. The van der Waals surface area contributed by atoms with Gasteiger partial charge in [-0.25, -0.2) is 4.98 Å². The van der Waals surface area contributed by atoms with Crippen molar-refractivity contribution < 1.29 is 4.74 Å². The Morgan fingerprint density at radius 3 is 2.67 bits per heavy atom. The fourth-order valence-corrected chi connectivity index (χ4v) is 3.90. The summed E-state index contributed by atoms with van der Waals surface area (Å²) in [6.07, 6.45) is 0. The van der Waals surface area contributed by atoms with Crippen molar-refractivity contribution in [1.29, 1.82) is 0 Å². The fraction of sp³-hybridized carbons (Fsp3) is 0.438. The van der Waals surface area contributed by atoms with E-state index in [0.29, 0.717) is 6.61 Å². The Hall–Kier alpha value is -2.35. The molecule has 3 heterocycles. The van der Waals surface area contributed by atoms with Gasteiger partial charge in [-0.05, 0) is 32.0 Å². The Bertz CT molecular complexity index is 836. The van der Waals surface area contributed by atoms with E-state index in [9.17, 15) is 0 Å². The molecule has 0 bridgehead atoms. The van der Waals surface area contributed by atoms with Gasteiger partial charge >= 0.3 is 0 Å². The zero-order valence-corrected chi connectivity index (χ0v) is 14.6. The maximum Gasteiger partial charge on any atom is 0.244 e. The van der Waals surface area contributed by atoms with Gasteiger partial charge in [0.1, 0.15) is 11.6 Å². The van der Waals surface area contributed by atoms with Crippen LogP contribution in [0.15, 0.2) is 18.2 Å². The molecule has 0 aliphatic carbocycles. The number of anilines is 2. The minimum Gasteiger partial charge on any atom is -0.494 e. The molecule has 1 fully saturated rings. The van der Waals surface area contributed by atoms with Crippen LogP contribution in [0, 0.1) is 6.92 Å². The van der Waals surface area contributed by atoms with E-state index >= 15 is 0 Å². The molecule has 0 saturated carbocycles. The Morgan fingerprint density at radius 1 is 1.17 bits per heavy atom. The number of aryl methyl sites for hydroxylation is 1. The molecule has 0 atom stereocenters. The van der Waals surface area contributed by atoms with Crippen LogP contribution < -0.4 is 14.5 Å². The smallest absolute Gasteiger partial charge is 0.244 e. The summed E-state index contributed by atoms with van der Waals surface area (Å²) in [7, 11) is 0. The van der Waals surface area contributed by atoms with E-state index in [2.05, 4.69) is 31.0 Å². The van der Waals surface area contributed by atoms with Crippen LogP contribution in [0.2, 0.25) is 0 Å². The lowest BCUT2D eigenvalue weighted by Crippen LogP contribution is -2.47. The van der Waals surface area contributed by atoms with E-state index in [1.54, 1.807) is 11.3 Å². The summed E-state index contributed by atoms with van der Waals surface area (Å²) in [5, 5.41) is 8.22. The average Bonchev–Trinajstić information content (AvgIpc) is 3.21. The molecule has 0 unspecified atom stereocenters. The lowest BCUT2D eigenvalue weighted by Gasteiger charge is -2.33. The molecule has 4 rings (SSSR count). The molecule has 8 heteroatoms. The lowest BCUT2D eigenvalue weighted by molar-refractivity contribution is 0.341. The highest BCUT2D eigenvalue weighted by atomic mass is 32.1. The Balaban J connectivity index is 1.48. The highest BCUT2D eigenvalue weighted by molar-refractivity contribution is 7.22.